The van der Waals surface area contributed by atoms with Crippen LogP contribution < -0.4 is 5.32 Å². The molecule has 0 radical (unpaired) electrons. The van der Waals surface area contributed by atoms with E-state index in [0.717, 1.165) is 5.56 Å². The summed E-state index contributed by atoms with van der Waals surface area (Å²) in [5, 5.41) is 10.4. The maximum Gasteiger partial charge on any atom is 0.290 e. The van der Waals surface area contributed by atoms with Gasteiger partial charge in [0, 0.05) is 12.6 Å². The molecule has 0 atom stereocenters. The van der Waals surface area contributed by atoms with Gasteiger partial charge < -0.3 is 10.4 Å². The Kier molecular flexibility index (Phi) is 5.22. The van der Waals surface area contributed by atoms with Crippen LogP contribution in [0, 0.1) is 5.82 Å². The molecule has 3 nitrogen and oxygen atoms in total. The third kappa shape index (κ3) is 4.16. The summed E-state index contributed by atoms with van der Waals surface area (Å²) in [6.45, 7) is 0.418. The van der Waals surface area contributed by atoms with Crippen molar-refractivity contribution in [1.82, 2.24) is 5.32 Å². The molecule has 88 valence electrons. The molecule has 16 heavy (non-hydrogen) atoms. The Bertz CT molecular complexity index is 356. The second kappa shape index (κ2) is 6.45. The molecule has 1 aromatic carbocycles. The molecule has 0 aromatic heterocycles. The fourth-order valence-corrected chi connectivity index (χ4v) is 1.42. The van der Waals surface area contributed by atoms with E-state index in [2.05, 4.69) is 5.32 Å². The first-order valence-corrected chi connectivity index (χ1v) is 5.31. The standard InChI is InChI=1S/C10H11ClFN.CH2O2/c11-10-7(2-1-3-9(10)12)6-13-8-4-5-8;2-1-3/h1-3,8,13H,4-6H2;1H,(H,2,3). The van der Waals surface area contributed by atoms with Crippen LogP contribution >= 0.6 is 11.6 Å². The summed E-state index contributed by atoms with van der Waals surface area (Å²) in [6.07, 6.45) is 2.46. The summed E-state index contributed by atoms with van der Waals surface area (Å²) >= 11 is 5.78. The van der Waals surface area contributed by atoms with Gasteiger partial charge in [0.25, 0.3) is 6.47 Å². The van der Waals surface area contributed by atoms with Crippen LogP contribution in [0.3, 0.4) is 0 Å². The molecule has 0 saturated heterocycles. The number of carbonyl (C=O) groups is 1. The Morgan fingerprint density at radius 1 is 1.56 bits per heavy atom. The third-order valence-electron chi connectivity index (χ3n) is 2.19. The zero-order valence-corrected chi connectivity index (χ0v) is 9.38. The highest BCUT2D eigenvalue weighted by molar-refractivity contribution is 6.31. The van der Waals surface area contributed by atoms with Crippen LogP contribution in [0.2, 0.25) is 5.02 Å². The zero-order valence-electron chi connectivity index (χ0n) is 8.62. The van der Waals surface area contributed by atoms with Crippen LogP contribution in [0.15, 0.2) is 18.2 Å². The first-order valence-electron chi connectivity index (χ1n) is 4.93. The van der Waals surface area contributed by atoms with Gasteiger partial charge in [-0.2, -0.15) is 0 Å². The topological polar surface area (TPSA) is 49.3 Å². The van der Waals surface area contributed by atoms with Crippen molar-refractivity contribution in [2.75, 3.05) is 0 Å². The first kappa shape index (κ1) is 12.9. The lowest BCUT2D eigenvalue weighted by Gasteiger charge is -2.05. The average molecular weight is 246 g/mol. The van der Waals surface area contributed by atoms with Crippen LogP contribution in [0.1, 0.15) is 18.4 Å². The highest BCUT2D eigenvalue weighted by Crippen LogP contribution is 2.22. The van der Waals surface area contributed by atoms with Crippen molar-refractivity contribution < 1.29 is 14.3 Å². The van der Waals surface area contributed by atoms with E-state index in [4.69, 9.17) is 21.5 Å². The number of rotatable bonds is 3. The number of hydrogen-bond acceptors (Lipinski definition) is 2. The molecular formula is C11H13ClFNO2. The van der Waals surface area contributed by atoms with E-state index in [9.17, 15) is 4.39 Å². The Labute approximate surface area is 98.2 Å². The predicted octanol–water partition coefficient (Wildman–Crippen LogP) is 2.43. The molecule has 2 rings (SSSR count). The van der Waals surface area contributed by atoms with E-state index in [1.54, 1.807) is 6.07 Å². The van der Waals surface area contributed by atoms with Crippen LogP contribution in [0.25, 0.3) is 0 Å². The Morgan fingerprint density at radius 2 is 2.19 bits per heavy atom. The van der Waals surface area contributed by atoms with Crippen molar-refractivity contribution in [2.45, 2.75) is 25.4 Å². The maximum atomic E-state index is 13.0. The van der Waals surface area contributed by atoms with Gasteiger partial charge in [-0.3, -0.25) is 4.79 Å². The molecule has 0 heterocycles. The third-order valence-corrected chi connectivity index (χ3v) is 2.61. The van der Waals surface area contributed by atoms with Gasteiger partial charge in [-0.05, 0) is 24.5 Å². The van der Waals surface area contributed by atoms with Crippen molar-refractivity contribution in [3.05, 3.63) is 34.6 Å². The van der Waals surface area contributed by atoms with Gasteiger partial charge in [0.2, 0.25) is 0 Å². The van der Waals surface area contributed by atoms with Crippen molar-refractivity contribution in [2.24, 2.45) is 0 Å². The summed E-state index contributed by atoms with van der Waals surface area (Å²) in [7, 11) is 0. The zero-order chi connectivity index (χ0) is 12.0. The summed E-state index contributed by atoms with van der Waals surface area (Å²) in [5.41, 5.74) is 0.841. The van der Waals surface area contributed by atoms with Crippen LogP contribution in [0.5, 0.6) is 0 Å². The Balaban J connectivity index is 0.000000386. The second-order valence-corrected chi connectivity index (χ2v) is 3.85. The van der Waals surface area contributed by atoms with E-state index >= 15 is 0 Å². The number of hydrogen-bond donors (Lipinski definition) is 2. The number of carboxylic acid groups (broad SMARTS) is 1. The average Bonchev–Trinajstić information content (AvgIpc) is 3.05. The first-order chi connectivity index (χ1) is 7.69. The number of halogens is 2. The van der Waals surface area contributed by atoms with Crippen molar-refractivity contribution in [3.63, 3.8) is 0 Å². The fraction of sp³-hybridized carbons (Fsp3) is 0.364. The lowest BCUT2D eigenvalue weighted by molar-refractivity contribution is -0.122. The summed E-state index contributed by atoms with van der Waals surface area (Å²) < 4.78 is 13.0. The second-order valence-electron chi connectivity index (χ2n) is 3.47. The lowest BCUT2D eigenvalue weighted by Crippen LogP contribution is -2.15. The lowest BCUT2D eigenvalue weighted by atomic mass is 10.2. The molecule has 0 bridgehead atoms. The largest absolute Gasteiger partial charge is 0.483 e. The molecule has 1 fully saturated rings. The van der Waals surface area contributed by atoms with E-state index < -0.39 is 0 Å². The predicted molar refractivity (Wildman–Crippen MR) is 60.0 cm³/mol. The molecule has 0 spiro atoms. The van der Waals surface area contributed by atoms with Crippen LogP contribution in [0.4, 0.5) is 4.39 Å². The van der Waals surface area contributed by atoms with Gasteiger partial charge in [-0.1, -0.05) is 23.7 Å². The van der Waals surface area contributed by atoms with E-state index in [-0.39, 0.29) is 17.3 Å². The van der Waals surface area contributed by atoms with Gasteiger partial charge >= 0.3 is 0 Å². The molecule has 1 aliphatic rings. The highest BCUT2D eigenvalue weighted by Gasteiger charge is 2.20. The number of nitrogens with one attached hydrogen (secondary N) is 1. The minimum Gasteiger partial charge on any atom is -0.483 e. The quantitative estimate of drug-likeness (QED) is 0.805. The maximum absolute atomic E-state index is 13.0. The van der Waals surface area contributed by atoms with Crippen LogP contribution in [-0.4, -0.2) is 17.6 Å². The van der Waals surface area contributed by atoms with E-state index in [0.29, 0.717) is 12.6 Å². The monoisotopic (exact) mass is 245 g/mol. The molecule has 0 unspecified atom stereocenters. The molecule has 2 N–H and O–H groups in total. The van der Waals surface area contributed by atoms with Gasteiger partial charge in [0.15, 0.2) is 0 Å². The van der Waals surface area contributed by atoms with Crippen molar-refractivity contribution in [1.29, 1.82) is 0 Å². The molecule has 5 heteroatoms. The fourth-order valence-electron chi connectivity index (χ4n) is 1.23. The van der Waals surface area contributed by atoms with E-state index in [1.807, 2.05) is 6.07 Å². The Hall–Kier alpha value is -1.13. The Morgan fingerprint density at radius 3 is 2.75 bits per heavy atom. The minimum absolute atomic E-state index is 0.246. The number of benzene rings is 1. The minimum atomic E-state index is -0.336. The van der Waals surface area contributed by atoms with Crippen molar-refractivity contribution in [3.8, 4) is 0 Å². The SMILES string of the molecule is Fc1cccc(CNC2CC2)c1Cl.O=CO. The van der Waals surface area contributed by atoms with Gasteiger partial charge in [-0.25, -0.2) is 4.39 Å². The molecular weight excluding hydrogens is 233 g/mol. The normalized spacial score (nSPS) is 13.9. The smallest absolute Gasteiger partial charge is 0.290 e. The van der Waals surface area contributed by atoms with Gasteiger partial charge in [-0.15, -0.1) is 0 Å². The summed E-state index contributed by atoms with van der Waals surface area (Å²) in [6, 6.07) is 5.54. The van der Waals surface area contributed by atoms with Gasteiger partial charge in [0.1, 0.15) is 5.82 Å². The molecule has 0 amide bonds. The molecule has 1 saturated carbocycles. The highest BCUT2D eigenvalue weighted by atomic mass is 35.5. The van der Waals surface area contributed by atoms with E-state index in [1.165, 1.54) is 18.9 Å². The van der Waals surface area contributed by atoms with Gasteiger partial charge in [0.05, 0.1) is 5.02 Å². The summed E-state index contributed by atoms with van der Waals surface area (Å²) in [4.78, 5) is 8.36. The molecule has 1 aromatic rings. The molecule has 0 aliphatic heterocycles. The molecule has 1 aliphatic carbocycles. The summed E-state index contributed by atoms with van der Waals surface area (Å²) in [5.74, 6) is -0.336. The van der Waals surface area contributed by atoms with Crippen LogP contribution in [-0.2, 0) is 11.3 Å². The van der Waals surface area contributed by atoms with Crippen molar-refractivity contribution >= 4 is 18.1 Å².